The van der Waals surface area contributed by atoms with Gasteiger partial charge in [0.15, 0.2) is 5.78 Å². The number of hydrogen-bond acceptors (Lipinski definition) is 4. The number of ether oxygens (including phenoxy) is 2. The van der Waals surface area contributed by atoms with E-state index in [1.807, 2.05) is 0 Å². The van der Waals surface area contributed by atoms with Crippen molar-refractivity contribution >= 4 is 11.8 Å². The largest absolute Gasteiger partial charge is 0.467 e. The molecule has 1 fully saturated rings. The van der Waals surface area contributed by atoms with Gasteiger partial charge in [0.1, 0.15) is 0 Å². The predicted molar refractivity (Wildman–Crippen MR) is 31.4 cm³/mol. The van der Waals surface area contributed by atoms with E-state index in [9.17, 15) is 9.59 Å². The highest BCUT2D eigenvalue weighted by atomic mass is 16.6. The van der Waals surface area contributed by atoms with Gasteiger partial charge in [-0.15, -0.1) is 0 Å². The van der Waals surface area contributed by atoms with Crippen LogP contribution in [0.3, 0.4) is 0 Å². The monoisotopic (exact) mass is 144 g/mol. The molecular weight excluding hydrogens is 136 g/mol. The van der Waals surface area contributed by atoms with Crippen molar-refractivity contribution < 1.29 is 19.1 Å². The van der Waals surface area contributed by atoms with Crippen LogP contribution < -0.4 is 0 Å². The first kappa shape index (κ1) is 7.21. The van der Waals surface area contributed by atoms with E-state index < -0.39 is 12.1 Å². The van der Waals surface area contributed by atoms with Crippen molar-refractivity contribution in [2.24, 2.45) is 0 Å². The first-order valence-corrected chi connectivity index (χ1v) is 2.98. The fraction of sp³-hybridized carbons (Fsp3) is 0.667. The number of rotatable bonds is 1. The molecule has 0 bridgehead atoms. The Morgan fingerprint density at radius 2 is 2.50 bits per heavy atom. The van der Waals surface area contributed by atoms with E-state index in [1.165, 1.54) is 7.11 Å². The van der Waals surface area contributed by atoms with Gasteiger partial charge in [-0.2, -0.15) is 0 Å². The van der Waals surface area contributed by atoms with Crippen LogP contribution in [0.15, 0.2) is 0 Å². The Kier molecular flexibility index (Phi) is 2.01. The average molecular weight is 144 g/mol. The molecule has 0 saturated carbocycles. The third-order valence-corrected chi connectivity index (χ3v) is 1.34. The first-order valence-electron chi connectivity index (χ1n) is 2.98. The zero-order chi connectivity index (χ0) is 7.56. The maximum atomic E-state index is 10.7. The van der Waals surface area contributed by atoms with E-state index in [1.54, 1.807) is 0 Å². The van der Waals surface area contributed by atoms with Gasteiger partial charge in [0, 0.05) is 6.42 Å². The van der Waals surface area contributed by atoms with Crippen LogP contribution in [-0.4, -0.2) is 31.6 Å². The molecule has 1 aliphatic heterocycles. The fourth-order valence-corrected chi connectivity index (χ4v) is 0.808. The maximum absolute atomic E-state index is 10.7. The Bertz CT molecular complexity index is 163. The van der Waals surface area contributed by atoms with Crippen LogP contribution in [0.5, 0.6) is 0 Å². The van der Waals surface area contributed by atoms with E-state index in [-0.39, 0.29) is 5.78 Å². The summed E-state index contributed by atoms with van der Waals surface area (Å²) in [5.74, 6) is -0.783. The highest BCUT2D eigenvalue weighted by Gasteiger charge is 2.32. The molecule has 0 aromatic carbocycles. The quantitative estimate of drug-likeness (QED) is 0.368. The molecule has 1 heterocycles. The molecule has 0 N–H and O–H groups in total. The minimum absolute atomic E-state index is 0.188. The van der Waals surface area contributed by atoms with Crippen LogP contribution in [0.2, 0.25) is 0 Å². The van der Waals surface area contributed by atoms with Crippen molar-refractivity contribution in [1.29, 1.82) is 0 Å². The fourth-order valence-electron chi connectivity index (χ4n) is 0.808. The lowest BCUT2D eigenvalue weighted by Gasteiger charge is -2.03. The average Bonchev–Trinajstić information content (AvgIpc) is 2.34. The van der Waals surface area contributed by atoms with Gasteiger partial charge in [0.25, 0.3) is 0 Å². The highest BCUT2D eigenvalue weighted by Crippen LogP contribution is 2.08. The SMILES string of the molecule is COC(=O)[C@H]1OCCC1=O. The van der Waals surface area contributed by atoms with Gasteiger partial charge in [0.05, 0.1) is 13.7 Å². The molecule has 0 aliphatic carbocycles. The van der Waals surface area contributed by atoms with Crippen molar-refractivity contribution in [3.8, 4) is 0 Å². The minimum atomic E-state index is -0.954. The molecule has 0 aromatic heterocycles. The standard InChI is InChI=1S/C6H8O4/c1-9-6(8)5-4(7)2-3-10-5/h5H,2-3H2,1H3/t5-/m0/s1. The summed E-state index contributed by atoms with van der Waals surface area (Å²) in [6, 6.07) is 0. The molecule has 1 aliphatic rings. The van der Waals surface area contributed by atoms with Crippen LogP contribution in [0.25, 0.3) is 0 Å². The van der Waals surface area contributed by atoms with E-state index >= 15 is 0 Å². The highest BCUT2D eigenvalue weighted by molar-refractivity contribution is 6.03. The van der Waals surface area contributed by atoms with Crippen LogP contribution in [-0.2, 0) is 19.1 Å². The number of methoxy groups -OCH3 is 1. The van der Waals surface area contributed by atoms with Gasteiger partial charge < -0.3 is 9.47 Å². The van der Waals surface area contributed by atoms with Gasteiger partial charge in [-0.25, -0.2) is 4.79 Å². The zero-order valence-corrected chi connectivity index (χ0v) is 5.62. The van der Waals surface area contributed by atoms with Gasteiger partial charge >= 0.3 is 5.97 Å². The molecule has 1 saturated heterocycles. The summed E-state index contributed by atoms with van der Waals surface area (Å²) < 4.78 is 9.11. The molecule has 4 nitrogen and oxygen atoms in total. The predicted octanol–water partition coefficient (Wildman–Crippen LogP) is -0.483. The molecule has 4 heteroatoms. The summed E-state index contributed by atoms with van der Waals surface area (Å²) >= 11 is 0. The van der Waals surface area contributed by atoms with Gasteiger partial charge in [-0.05, 0) is 0 Å². The van der Waals surface area contributed by atoms with E-state index in [0.717, 1.165) is 0 Å². The Balaban J connectivity index is 2.55. The van der Waals surface area contributed by atoms with E-state index in [0.29, 0.717) is 13.0 Å². The lowest BCUT2D eigenvalue weighted by molar-refractivity contribution is -0.154. The van der Waals surface area contributed by atoms with Crippen LogP contribution >= 0.6 is 0 Å². The smallest absolute Gasteiger partial charge is 0.342 e. The second-order valence-corrected chi connectivity index (χ2v) is 1.99. The van der Waals surface area contributed by atoms with Gasteiger partial charge in [-0.1, -0.05) is 0 Å². The molecule has 0 aromatic rings. The van der Waals surface area contributed by atoms with E-state index in [4.69, 9.17) is 4.74 Å². The van der Waals surface area contributed by atoms with Crippen LogP contribution in [0, 0.1) is 0 Å². The second kappa shape index (κ2) is 2.79. The molecule has 0 amide bonds. The Morgan fingerprint density at radius 3 is 2.90 bits per heavy atom. The number of carbonyl (C=O) groups is 2. The maximum Gasteiger partial charge on any atom is 0.342 e. The Hall–Kier alpha value is -0.900. The van der Waals surface area contributed by atoms with Gasteiger partial charge in [0.2, 0.25) is 6.10 Å². The molecular formula is C6H8O4. The second-order valence-electron chi connectivity index (χ2n) is 1.99. The van der Waals surface area contributed by atoms with Crippen molar-refractivity contribution in [1.82, 2.24) is 0 Å². The normalized spacial score (nSPS) is 24.9. The topological polar surface area (TPSA) is 52.6 Å². The summed E-state index contributed by atoms with van der Waals surface area (Å²) in [4.78, 5) is 21.4. The molecule has 0 unspecified atom stereocenters. The van der Waals surface area contributed by atoms with Crippen molar-refractivity contribution in [3.05, 3.63) is 0 Å². The van der Waals surface area contributed by atoms with Crippen molar-refractivity contribution in [3.63, 3.8) is 0 Å². The molecule has 0 spiro atoms. The number of esters is 1. The number of carbonyl (C=O) groups excluding carboxylic acids is 2. The third-order valence-electron chi connectivity index (χ3n) is 1.34. The molecule has 0 radical (unpaired) electrons. The number of ketones is 1. The number of Topliss-reactive ketones (excluding diaryl/α,β-unsaturated/α-hetero) is 1. The van der Waals surface area contributed by atoms with Crippen LogP contribution in [0.1, 0.15) is 6.42 Å². The summed E-state index contributed by atoms with van der Waals surface area (Å²) in [6.07, 6.45) is -0.634. The van der Waals surface area contributed by atoms with Crippen molar-refractivity contribution in [2.75, 3.05) is 13.7 Å². The summed E-state index contributed by atoms with van der Waals surface area (Å²) in [7, 11) is 1.23. The van der Waals surface area contributed by atoms with Gasteiger partial charge in [-0.3, -0.25) is 4.79 Å². The van der Waals surface area contributed by atoms with E-state index in [2.05, 4.69) is 4.74 Å². The summed E-state index contributed by atoms with van der Waals surface area (Å²) in [5.41, 5.74) is 0. The van der Waals surface area contributed by atoms with Crippen LogP contribution in [0.4, 0.5) is 0 Å². The summed E-state index contributed by atoms with van der Waals surface area (Å²) in [5, 5.41) is 0. The van der Waals surface area contributed by atoms with Crippen molar-refractivity contribution in [2.45, 2.75) is 12.5 Å². The zero-order valence-electron chi connectivity index (χ0n) is 5.62. The summed E-state index contributed by atoms with van der Waals surface area (Å²) in [6.45, 7) is 0.332. The Labute approximate surface area is 58.1 Å². The minimum Gasteiger partial charge on any atom is -0.467 e. The first-order chi connectivity index (χ1) is 4.75. The Morgan fingerprint density at radius 1 is 1.80 bits per heavy atom. The molecule has 1 atom stereocenters. The molecule has 1 rings (SSSR count). The lowest BCUT2D eigenvalue weighted by atomic mass is 10.2. The molecule has 56 valence electrons. The number of hydrogen-bond donors (Lipinski definition) is 0. The third kappa shape index (κ3) is 1.16. The molecule has 10 heavy (non-hydrogen) atoms. The lowest BCUT2D eigenvalue weighted by Crippen LogP contribution is -2.27.